The summed E-state index contributed by atoms with van der Waals surface area (Å²) in [7, 11) is 0. The molecule has 0 bridgehead atoms. The maximum absolute atomic E-state index is 9.38. The molecule has 1 aromatic rings. The first-order valence-corrected chi connectivity index (χ1v) is 6.09. The van der Waals surface area contributed by atoms with Gasteiger partial charge in [0.25, 0.3) is 0 Å². The van der Waals surface area contributed by atoms with Crippen molar-refractivity contribution in [3.05, 3.63) is 29.3 Å². The molecule has 2 rings (SSSR count). The smallest absolute Gasteiger partial charge is 0.119 e. The summed E-state index contributed by atoms with van der Waals surface area (Å²) >= 11 is 0. The number of benzene rings is 1. The van der Waals surface area contributed by atoms with Gasteiger partial charge in [-0.25, -0.2) is 0 Å². The molecule has 3 nitrogen and oxygen atoms in total. The van der Waals surface area contributed by atoms with Crippen molar-refractivity contribution in [2.24, 2.45) is 0 Å². The van der Waals surface area contributed by atoms with Crippen molar-refractivity contribution in [1.29, 1.82) is 5.26 Å². The lowest BCUT2D eigenvalue weighted by molar-refractivity contribution is 0.143. The molecule has 0 spiro atoms. The molecule has 0 saturated carbocycles. The number of hydrogen-bond donors (Lipinski definition) is 1. The number of aliphatic hydroxyl groups excluding tert-OH is 1. The Labute approximate surface area is 102 Å². The highest BCUT2D eigenvalue weighted by molar-refractivity contribution is 5.38. The summed E-state index contributed by atoms with van der Waals surface area (Å²) in [5.74, 6) is 0.870. The van der Waals surface area contributed by atoms with Crippen molar-refractivity contribution in [3.8, 4) is 11.8 Å². The fourth-order valence-electron chi connectivity index (χ4n) is 2.16. The van der Waals surface area contributed by atoms with Crippen molar-refractivity contribution in [1.82, 2.24) is 0 Å². The monoisotopic (exact) mass is 231 g/mol. The third-order valence-electron chi connectivity index (χ3n) is 3.12. The van der Waals surface area contributed by atoms with Crippen molar-refractivity contribution in [2.75, 3.05) is 6.61 Å². The Morgan fingerprint density at radius 1 is 1.35 bits per heavy atom. The molecular formula is C14H17NO2. The van der Waals surface area contributed by atoms with Crippen LogP contribution in [0.4, 0.5) is 0 Å². The van der Waals surface area contributed by atoms with Gasteiger partial charge in [-0.05, 0) is 42.5 Å². The second-order valence-corrected chi connectivity index (χ2v) is 4.44. The molecule has 0 aromatic heterocycles. The van der Waals surface area contributed by atoms with E-state index in [-0.39, 0.29) is 6.42 Å². The standard InChI is InChI=1S/C14H17NO2/c15-8-6-13(16)7-9-17-14-5-4-11-2-1-3-12(11)10-14/h4-5,10,13,16H,1-3,6-7,9H2. The van der Waals surface area contributed by atoms with Gasteiger partial charge in [0, 0.05) is 6.42 Å². The molecule has 0 fully saturated rings. The van der Waals surface area contributed by atoms with Gasteiger partial charge in [-0.1, -0.05) is 6.07 Å². The van der Waals surface area contributed by atoms with Crippen molar-refractivity contribution in [3.63, 3.8) is 0 Å². The molecule has 1 unspecified atom stereocenters. The maximum atomic E-state index is 9.38. The van der Waals surface area contributed by atoms with Gasteiger partial charge >= 0.3 is 0 Å². The lowest BCUT2D eigenvalue weighted by Crippen LogP contribution is -2.11. The zero-order chi connectivity index (χ0) is 12.1. The average molecular weight is 231 g/mol. The molecule has 17 heavy (non-hydrogen) atoms. The fourth-order valence-corrected chi connectivity index (χ4v) is 2.16. The maximum Gasteiger partial charge on any atom is 0.119 e. The number of nitrogens with zero attached hydrogens (tertiary/aromatic N) is 1. The Bertz CT molecular complexity index is 423. The molecule has 1 aromatic carbocycles. The molecule has 0 radical (unpaired) electrons. The summed E-state index contributed by atoms with van der Waals surface area (Å²) < 4.78 is 5.58. The largest absolute Gasteiger partial charge is 0.493 e. The Morgan fingerprint density at radius 3 is 3.00 bits per heavy atom. The van der Waals surface area contributed by atoms with Crippen LogP contribution >= 0.6 is 0 Å². The van der Waals surface area contributed by atoms with Gasteiger partial charge < -0.3 is 9.84 Å². The molecule has 0 amide bonds. The predicted octanol–water partition coefficient (Wildman–Crippen LogP) is 2.22. The zero-order valence-corrected chi connectivity index (χ0v) is 9.85. The SMILES string of the molecule is N#CCC(O)CCOc1ccc2c(c1)CCC2. The van der Waals surface area contributed by atoms with Crippen LogP contribution in [0.1, 0.15) is 30.4 Å². The minimum Gasteiger partial charge on any atom is -0.493 e. The summed E-state index contributed by atoms with van der Waals surface area (Å²) in [6.07, 6.45) is 3.66. The topological polar surface area (TPSA) is 53.2 Å². The van der Waals surface area contributed by atoms with Crippen LogP contribution in [0.25, 0.3) is 0 Å². The molecule has 1 aliphatic rings. The van der Waals surface area contributed by atoms with Gasteiger partial charge in [-0.2, -0.15) is 5.26 Å². The van der Waals surface area contributed by atoms with Crippen LogP contribution < -0.4 is 4.74 Å². The van der Waals surface area contributed by atoms with Gasteiger partial charge in [-0.15, -0.1) is 0 Å². The van der Waals surface area contributed by atoms with Crippen molar-refractivity contribution in [2.45, 2.75) is 38.2 Å². The third kappa shape index (κ3) is 3.21. The molecule has 90 valence electrons. The van der Waals surface area contributed by atoms with E-state index in [9.17, 15) is 5.11 Å². The second kappa shape index (κ2) is 5.70. The van der Waals surface area contributed by atoms with Crippen LogP contribution in [-0.2, 0) is 12.8 Å². The van der Waals surface area contributed by atoms with E-state index in [1.807, 2.05) is 12.1 Å². The van der Waals surface area contributed by atoms with E-state index in [2.05, 4.69) is 12.1 Å². The van der Waals surface area contributed by atoms with Crippen molar-refractivity contribution < 1.29 is 9.84 Å². The highest BCUT2D eigenvalue weighted by Crippen LogP contribution is 2.26. The highest BCUT2D eigenvalue weighted by atomic mass is 16.5. The normalized spacial score (nSPS) is 15.1. The van der Waals surface area contributed by atoms with Crippen LogP contribution in [0.3, 0.4) is 0 Å². The Balaban J connectivity index is 1.82. The van der Waals surface area contributed by atoms with E-state index in [0.29, 0.717) is 13.0 Å². The number of nitriles is 1. The minimum absolute atomic E-state index is 0.174. The molecule has 3 heteroatoms. The van der Waals surface area contributed by atoms with Crippen LogP contribution in [0.15, 0.2) is 18.2 Å². The Kier molecular flexibility index (Phi) is 4.00. The van der Waals surface area contributed by atoms with Gasteiger partial charge in [0.1, 0.15) is 5.75 Å². The lowest BCUT2D eigenvalue weighted by Gasteiger charge is -2.10. The zero-order valence-electron chi connectivity index (χ0n) is 9.85. The summed E-state index contributed by atoms with van der Waals surface area (Å²) in [6, 6.07) is 8.16. The van der Waals surface area contributed by atoms with Crippen molar-refractivity contribution >= 4 is 0 Å². The minimum atomic E-state index is -0.575. The fraction of sp³-hybridized carbons (Fsp3) is 0.500. The number of fused-ring (bicyclic) bond motifs is 1. The average Bonchev–Trinajstić information content (AvgIpc) is 2.76. The molecule has 1 aliphatic carbocycles. The van der Waals surface area contributed by atoms with E-state index in [1.165, 1.54) is 24.0 Å². The Hall–Kier alpha value is -1.53. The van der Waals surface area contributed by atoms with Crippen LogP contribution in [0.2, 0.25) is 0 Å². The second-order valence-electron chi connectivity index (χ2n) is 4.44. The Morgan fingerprint density at radius 2 is 2.18 bits per heavy atom. The first-order valence-electron chi connectivity index (χ1n) is 6.09. The van der Waals surface area contributed by atoms with Crippen LogP contribution in [-0.4, -0.2) is 17.8 Å². The van der Waals surface area contributed by atoms with E-state index in [0.717, 1.165) is 12.2 Å². The quantitative estimate of drug-likeness (QED) is 0.845. The van der Waals surface area contributed by atoms with Crippen LogP contribution in [0.5, 0.6) is 5.75 Å². The number of ether oxygens (including phenoxy) is 1. The summed E-state index contributed by atoms with van der Waals surface area (Å²) in [5.41, 5.74) is 2.82. The molecule has 1 N–H and O–H groups in total. The number of hydrogen-bond acceptors (Lipinski definition) is 3. The van der Waals surface area contributed by atoms with Gasteiger partial charge in [0.15, 0.2) is 0 Å². The first kappa shape index (κ1) is 11.9. The molecule has 0 aliphatic heterocycles. The molecular weight excluding hydrogens is 214 g/mol. The molecule has 1 atom stereocenters. The predicted molar refractivity (Wildman–Crippen MR) is 64.8 cm³/mol. The summed E-state index contributed by atoms with van der Waals surface area (Å²) in [5, 5.41) is 17.8. The van der Waals surface area contributed by atoms with Gasteiger partial charge in [0.05, 0.1) is 25.2 Å². The number of rotatable bonds is 5. The number of aryl methyl sites for hydroxylation is 2. The van der Waals surface area contributed by atoms with E-state index in [4.69, 9.17) is 10.00 Å². The number of aliphatic hydroxyl groups is 1. The van der Waals surface area contributed by atoms with E-state index in [1.54, 1.807) is 0 Å². The summed E-state index contributed by atoms with van der Waals surface area (Å²) in [4.78, 5) is 0. The van der Waals surface area contributed by atoms with Gasteiger partial charge in [-0.3, -0.25) is 0 Å². The first-order chi connectivity index (χ1) is 8.29. The van der Waals surface area contributed by atoms with E-state index >= 15 is 0 Å². The molecule has 0 saturated heterocycles. The summed E-state index contributed by atoms with van der Waals surface area (Å²) in [6.45, 7) is 0.460. The lowest BCUT2D eigenvalue weighted by atomic mass is 10.1. The highest BCUT2D eigenvalue weighted by Gasteiger charge is 2.11. The van der Waals surface area contributed by atoms with Crippen LogP contribution in [0, 0.1) is 11.3 Å². The molecule has 0 heterocycles. The van der Waals surface area contributed by atoms with Gasteiger partial charge in [0.2, 0.25) is 0 Å². The van der Waals surface area contributed by atoms with E-state index < -0.39 is 6.10 Å². The third-order valence-corrected chi connectivity index (χ3v) is 3.12.